The summed E-state index contributed by atoms with van der Waals surface area (Å²) in [5.74, 6) is 0.879. The van der Waals surface area contributed by atoms with E-state index in [4.69, 9.17) is 0 Å². The third kappa shape index (κ3) is 6.29. The Hall–Kier alpha value is -0.260. The Labute approximate surface area is 110 Å². The third-order valence-corrected chi connectivity index (χ3v) is 4.52. The van der Waals surface area contributed by atoms with Crippen LogP contribution in [-0.2, 0) is 0 Å². The normalized spacial score (nSPS) is 13.9. The van der Waals surface area contributed by atoms with Crippen LogP contribution in [0.2, 0.25) is 0 Å². The molecule has 0 aliphatic heterocycles. The SMILES string of the molecule is CCC(CC)CC(C)(C)C=CC(C)(CC)CC. The van der Waals surface area contributed by atoms with Gasteiger partial charge in [-0.25, -0.2) is 0 Å². The van der Waals surface area contributed by atoms with Crippen LogP contribution in [0.4, 0.5) is 0 Å². The molecular formula is C17H34. The zero-order chi connectivity index (χ0) is 13.5. The lowest BCUT2D eigenvalue weighted by atomic mass is 9.77. The number of rotatable bonds is 8. The molecular weight excluding hydrogens is 204 g/mol. The predicted molar refractivity (Wildman–Crippen MR) is 80.3 cm³/mol. The van der Waals surface area contributed by atoms with Gasteiger partial charge >= 0.3 is 0 Å². The van der Waals surface area contributed by atoms with E-state index in [9.17, 15) is 0 Å². The number of hydrogen-bond donors (Lipinski definition) is 0. The summed E-state index contributed by atoms with van der Waals surface area (Å²) < 4.78 is 0. The zero-order valence-corrected chi connectivity index (χ0v) is 13.3. The van der Waals surface area contributed by atoms with Crippen molar-refractivity contribution in [3.63, 3.8) is 0 Å². The van der Waals surface area contributed by atoms with Crippen molar-refractivity contribution in [2.24, 2.45) is 16.7 Å². The van der Waals surface area contributed by atoms with E-state index in [1.165, 1.54) is 32.1 Å². The van der Waals surface area contributed by atoms with Crippen molar-refractivity contribution in [1.82, 2.24) is 0 Å². The summed E-state index contributed by atoms with van der Waals surface area (Å²) in [6, 6.07) is 0. The minimum Gasteiger partial charge on any atom is -0.0823 e. The second-order valence-electron chi connectivity index (χ2n) is 6.57. The van der Waals surface area contributed by atoms with Crippen LogP contribution in [0.25, 0.3) is 0 Å². The van der Waals surface area contributed by atoms with Gasteiger partial charge in [-0.3, -0.25) is 0 Å². The topological polar surface area (TPSA) is 0 Å². The Morgan fingerprint density at radius 2 is 1.29 bits per heavy atom. The first kappa shape index (κ1) is 16.7. The molecule has 0 heterocycles. The van der Waals surface area contributed by atoms with Crippen molar-refractivity contribution in [3.8, 4) is 0 Å². The van der Waals surface area contributed by atoms with Crippen molar-refractivity contribution in [2.75, 3.05) is 0 Å². The van der Waals surface area contributed by atoms with Crippen LogP contribution in [0.15, 0.2) is 12.2 Å². The molecule has 0 atom stereocenters. The smallest absolute Gasteiger partial charge is 0.0152 e. The highest BCUT2D eigenvalue weighted by molar-refractivity contribution is 5.03. The van der Waals surface area contributed by atoms with E-state index in [-0.39, 0.29) is 0 Å². The average molecular weight is 238 g/mol. The number of allylic oxidation sites excluding steroid dienone is 2. The molecule has 0 aromatic heterocycles. The van der Waals surface area contributed by atoms with Gasteiger partial charge in [0.05, 0.1) is 0 Å². The molecule has 17 heavy (non-hydrogen) atoms. The molecule has 0 amide bonds. The van der Waals surface area contributed by atoms with Crippen LogP contribution in [0, 0.1) is 16.7 Å². The molecule has 0 aromatic rings. The summed E-state index contributed by atoms with van der Waals surface area (Å²) in [6.07, 6.45) is 11.4. The highest BCUT2D eigenvalue weighted by Gasteiger charge is 2.21. The molecule has 0 spiro atoms. The fourth-order valence-corrected chi connectivity index (χ4v) is 2.30. The first-order valence-electron chi connectivity index (χ1n) is 7.52. The molecule has 0 fully saturated rings. The Morgan fingerprint density at radius 1 is 0.824 bits per heavy atom. The van der Waals surface area contributed by atoms with Gasteiger partial charge in [-0.1, -0.05) is 73.5 Å². The average Bonchev–Trinajstić information content (AvgIpc) is 2.33. The van der Waals surface area contributed by atoms with Gasteiger partial charge in [-0.15, -0.1) is 0 Å². The summed E-state index contributed by atoms with van der Waals surface area (Å²) in [4.78, 5) is 0. The van der Waals surface area contributed by atoms with Crippen LogP contribution in [0.1, 0.15) is 80.6 Å². The van der Waals surface area contributed by atoms with Crippen molar-refractivity contribution in [2.45, 2.75) is 80.6 Å². The lowest BCUT2D eigenvalue weighted by Gasteiger charge is -2.29. The molecule has 0 bridgehead atoms. The quantitative estimate of drug-likeness (QED) is 0.440. The summed E-state index contributed by atoms with van der Waals surface area (Å²) in [7, 11) is 0. The van der Waals surface area contributed by atoms with E-state index >= 15 is 0 Å². The molecule has 0 nitrogen and oxygen atoms in total. The van der Waals surface area contributed by atoms with Gasteiger partial charge in [0.1, 0.15) is 0 Å². The van der Waals surface area contributed by atoms with Crippen LogP contribution in [0.5, 0.6) is 0 Å². The minimum absolute atomic E-state index is 0.349. The molecule has 0 saturated carbocycles. The van der Waals surface area contributed by atoms with E-state index in [0.29, 0.717) is 10.8 Å². The maximum Gasteiger partial charge on any atom is -0.0152 e. The van der Waals surface area contributed by atoms with Crippen molar-refractivity contribution in [1.29, 1.82) is 0 Å². The van der Waals surface area contributed by atoms with Crippen LogP contribution in [-0.4, -0.2) is 0 Å². The lowest BCUT2D eigenvalue weighted by Crippen LogP contribution is -2.16. The summed E-state index contributed by atoms with van der Waals surface area (Å²) in [5.41, 5.74) is 0.744. The van der Waals surface area contributed by atoms with E-state index in [1.54, 1.807) is 0 Å². The molecule has 0 radical (unpaired) electrons. The summed E-state index contributed by atoms with van der Waals surface area (Å²) in [6.45, 7) is 16.4. The van der Waals surface area contributed by atoms with Gasteiger partial charge in [0, 0.05) is 0 Å². The minimum atomic E-state index is 0.349. The van der Waals surface area contributed by atoms with Gasteiger partial charge in [-0.05, 0) is 36.0 Å². The standard InChI is InChI=1S/C17H34/c1-8-15(9-2)14-16(5,6)12-13-17(7,10-3)11-4/h12-13,15H,8-11,14H2,1-7H3. The monoisotopic (exact) mass is 238 g/mol. The Bertz CT molecular complexity index is 214. The number of hydrogen-bond acceptors (Lipinski definition) is 0. The molecule has 0 rings (SSSR count). The Kier molecular flexibility index (Phi) is 7.13. The highest BCUT2D eigenvalue weighted by Crippen LogP contribution is 2.34. The maximum absolute atomic E-state index is 2.47. The second kappa shape index (κ2) is 7.24. The fourth-order valence-electron chi connectivity index (χ4n) is 2.30. The molecule has 0 heteroatoms. The highest BCUT2D eigenvalue weighted by atomic mass is 14.3. The first-order chi connectivity index (χ1) is 7.82. The second-order valence-corrected chi connectivity index (χ2v) is 6.57. The van der Waals surface area contributed by atoms with Gasteiger partial charge in [0.2, 0.25) is 0 Å². The molecule has 102 valence electrons. The van der Waals surface area contributed by atoms with E-state index in [0.717, 1.165) is 5.92 Å². The molecule has 0 aromatic carbocycles. The largest absolute Gasteiger partial charge is 0.0823 e. The predicted octanol–water partition coefficient (Wildman–Crippen LogP) is 6.22. The van der Waals surface area contributed by atoms with Gasteiger partial charge in [-0.2, -0.15) is 0 Å². The lowest BCUT2D eigenvalue weighted by molar-refractivity contribution is 0.310. The van der Waals surface area contributed by atoms with Crippen LogP contribution < -0.4 is 0 Å². The molecule has 0 unspecified atom stereocenters. The maximum atomic E-state index is 2.47. The van der Waals surface area contributed by atoms with E-state index < -0.39 is 0 Å². The van der Waals surface area contributed by atoms with E-state index in [1.807, 2.05) is 0 Å². The van der Waals surface area contributed by atoms with Gasteiger partial charge in [0.15, 0.2) is 0 Å². The van der Waals surface area contributed by atoms with Crippen LogP contribution in [0.3, 0.4) is 0 Å². The first-order valence-corrected chi connectivity index (χ1v) is 7.52. The van der Waals surface area contributed by atoms with Crippen LogP contribution >= 0.6 is 0 Å². The van der Waals surface area contributed by atoms with Gasteiger partial charge < -0.3 is 0 Å². The molecule has 0 aliphatic carbocycles. The Morgan fingerprint density at radius 3 is 1.65 bits per heavy atom. The Balaban J connectivity index is 4.57. The summed E-state index contributed by atoms with van der Waals surface area (Å²) >= 11 is 0. The molecule has 0 N–H and O–H groups in total. The third-order valence-electron chi connectivity index (χ3n) is 4.52. The van der Waals surface area contributed by atoms with Crippen molar-refractivity contribution >= 4 is 0 Å². The van der Waals surface area contributed by atoms with E-state index in [2.05, 4.69) is 60.6 Å². The fraction of sp³-hybridized carbons (Fsp3) is 0.882. The van der Waals surface area contributed by atoms with Gasteiger partial charge in [0.25, 0.3) is 0 Å². The van der Waals surface area contributed by atoms with Crippen molar-refractivity contribution < 1.29 is 0 Å². The van der Waals surface area contributed by atoms with Crippen molar-refractivity contribution in [3.05, 3.63) is 12.2 Å². The molecule has 0 aliphatic rings. The molecule has 0 saturated heterocycles. The zero-order valence-electron chi connectivity index (χ0n) is 13.3. The summed E-state index contributed by atoms with van der Waals surface area (Å²) in [5, 5.41) is 0.